The van der Waals surface area contributed by atoms with Crippen LogP contribution in [0.15, 0.2) is 48.7 Å². The third kappa shape index (κ3) is 2.22. The molecule has 2 rings (SSSR count). The van der Waals surface area contributed by atoms with Crippen molar-refractivity contribution in [2.75, 3.05) is 0 Å². The van der Waals surface area contributed by atoms with Gasteiger partial charge in [-0.2, -0.15) is 0 Å². The molecule has 0 bridgehead atoms. The summed E-state index contributed by atoms with van der Waals surface area (Å²) in [6, 6.07) is 13.4. The molecule has 0 aliphatic rings. The molecular weight excluding hydrogens is 186 g/mol. The van der Waals surface area contributed by atoms with Gasteiger partial charge in [0.2, 0.25) is 0 Å². The highest BCUT2D eigenvalue weighted by atomic mass is 16.3. The van der Waals surface area contributed by atoms with E-state index in [9.17, 15) is 5.11 Å². The molecule has 1 N–H and O–H groups in total. The predicted octanol–water partition coefficient (Wildman–Crippen LogP) is 2.47. The zero-order valence-corrected chi connectivity index (χ0v) is 8.59. The van der Waals surface area contributed by atoms with Crippen molar-refractivity contribution in [2.24, 2.45) is 0 Å². The maximum atomic E-state index is 10.1. The van der Waals surface area contributed by atoms with Crippen molar-refractivity contribution < 1.29 is 5.11 Å². The van der Waals surface area contributed by atoms with Crippen molar-refractivity contribution in [1.29, 1.82) is 0 Å². The van der Waals surface area contributed by atoms with Crippen LogP contribution in [0.5, 0.6) is 0 Å². The second-order valence-corrected chi connectivity index (χ2v) is 3.57. The first-order valence-electron chi connectivity index (χ1n) is 4.93. The standard InChI is InChI=1S/C13H13NO/c1-10-7-8-14-12(9-10)13(15)11-5-3-2-4-6-11/h2-9,13,15H,1H3. The van der Waals surface area contributed by atoms with Crippen molar-refractivity contribution in [3.05, 3.63) is 65.5 Å². The van der Waals surface area contributed by atoms with Crippen LogP contribution in [0, 0.1) is 6.92 Å². The molecule has 1 aromatic carbocycles. The molecule has 1 unspecified atom stereocenters. The van der Waals surface area contributed by atoms with E-state index >= 15 is 0 Å². The fourth-order valence-electron chi connectivity index (χ4n) is 1.52. The van der Waals surface area contributed by atoms with E-state index in [1.807, 2.05) is 49.4 Å². The van der Waals surface area contributed by atoms with Gasteiger partial charge in [-0.05, 0) is 30.2 Å². The Morgan fingerprint density at radius 2 is 1.87 bits per heavy atom. The molecule has 0 spiro atoms. The normalized spacial score (nSPS) is 12.4. The van der Waals surface area contributed by atoms with E-state index in [1.165, 1.54) is 0 Å². The number of rotatable bonds is 2. The topological polar surface area (TPSA) is 33.1 Å². The van der Waals surface area contributed by atoms with Gasteiger partial charge in [0, 0.05) is 6.20 Å². The van der Waals surface area contributed by atoms with Crippen LogP contribution in [0.1, 0.15) is 22.9 Å². The molecule has 0 radical (unpaired) electrons. The van der Waals surface area contributed by atoms with Crippen molar-refractivity contribution in [3.8, 4) is 0 Å². The Hall–Kier alpha value is -1.67. The quantitative estimate of drug-likeness (QED) is 0.806. The molecule has 0 fully saturated rings. The van der Waals surface area contributed by atoms with E-state index in [1.54, 1.807) is 6.20 Å². The molecule has 2 nitrogen and oxygen atoms in total. The van der Waals surface area contributed by atoms with Gasteiger partial charge in [-0.1, -0.05) is 30.3 Å². The van der Waals surface area contributed by atoms with Crippen molar-refractivity contribution in [1.82, 2.24) is 4.98 Å². The molecule has 1 aromatic heterocycles. The summed E-state index contributed by atoms with van der Waals surface area (Å²) in [6.45, 7) is 1.99. The first-order chi connectivity index (χ1) is 7.27. The maximum Gasteiger partial charge on any atom is 0.121 e. The Labute approximate surface area is 89.2 Å². The summed E-state index contributed by atoms with van der Waals surface area (Å²) in [5.41, 5.74) is 2.67. The SMILES string of the molecule is Cc1ccnc(C(O)c2ccccc2)c1. The van der Waals surface area contributed by atoms with Crippen molar-refractivity contribution in [2.45, 2.75) is 13.0 Å². The Morgan fingerprint density at radius 1 is 1.13 bits per heavy atom. The number of nitrogens with zero attached hydrogens (tertiary/aromatic N) is 1. The number of hydrogen-bond acceptors (Lipinski definition) is 2. The molecule has 0 amide bonds. The summed E-state index contributed by atoms with van der Waals surface area (Å²) < 4.78 is 0. The fraction of sp³-hybridized carbons (Fsp3) is 0.154. The molecule has 15 heavy (non-hydrogen) atoms. The highest BCUT2D eigenvalue weighted by molar-refractivity contribution is 5.27. The minimum Gasteiger partial charge on any atom is -0.382 e. The zero-order chi connectivity index (χ0) is 10.7. The van der Waals surface area contributed by atoms with Crippen molar-refractivity contribution >= 4 is 0 Å². The van der Waals surface area contributed by atoms with E-state index in [2.05, 4.69) is 4.98 Å². The lowest BCUT2D eigenvalue weighted by molar-refractivity contribution is 0.215. The molecular formula is C13H13NO. The van der Waals surface area contributed by atoms with Crippen LogP contribution < -0.4 is 0 Å². The summed E-state index contributed by atoms with van der Waals surface area (Å²) in [7, 11) is 0. The second kappa shape index (κ2) is 4.24. The number of benzene rings is 1. The van der Waals surface area contributed by atoms with Crippen LogP contribution in [0.25, 0.3) is 0 Å². The van der Waals surface area contributed by atoms with Crippen LogP contribution >= 0.6 is 0 Å². The summed E-state index contributed by atoms with van der Waals surface area (Å²) in [5, 5.41) is 10.1. The summed E-state index contributed by atoms with van der Waals surface area (Å²) >= 11 is 0. The van der Waals surface area contributed by atoms with Gasteiger partial charge in [-0.25, -0.2) is 0 Å². The Morgan fingerprint density at radius 3 is 2.53 bits per heavy atom. The molecule has 2 heteroatoms. The van der Waals surface area contributed by atoms with Gasteiger partial charge in [0.25, 0.3) is 0 Å². The van der Waals surface area contributed by atoms with E-state index in [0.717, 1.165) is 11.1 Å². The van der Waals surface area contributed by atoms with E-state index in [4.69, 9.17) is 0 Å². The number of aliphatic hydroxyl groups is 1. The lowest BCUT2D eigenvalue weighted by Gasteiger charge is -2.10. The molecule has 0 aliphatic heterocycles. The first kappa shape index (κ1) is 9.87. The lowest BCUT2D eigenvalue weighted by Crippen LogP contribution is -2.01. The Bertz CT molecular complexity index is 439. The minimum atomic E-state index is -0.633. The predicted molar refractivity (Wildman–Crippen MR) is 59.5 cm³/mol. The van der Waals surface area contributed by atoms with E-state index in [0.29, 0.717) is 5.69 Å². The summed E-state index contributed by atoms with van der Waals surface area (Å²) in [4.78, 5) is 4.17. The second-order valence-electron chi connectivity index (χ2n) is 3.57. The van der Waals surface area contributed by atoms with Crippen LogP contribution in [0.2, 0.25) is 0 Å². The molecule has 0 aliphatic carbocycles. The number of pyridine rings is 1. The van der Waals surface area contributed by atoms with Crippen LogP contribution in [-0.2, 0) is 0 Å². The monoisotopic (exact) mass is 199 g/mol. The highest BCUT2D eigenvalue weighted by Crippen LogP contribution is 2.19. The largest absolute Gasteiger partial charge is 0.382 e. The van der Waals surface area contributed by atoms with Crippen LogP contribution in [-0.4, -0.2) is 10.1 Å². The van der Waals surface area contributed by atoms with Gasteiger partial charge in [0.15, 0.2) is 0 Å². The van der Waals surface area contributed by atoms with Gasteiger partial charge < -0.3 is 5.11 Å². The third-order valence-corrected chi connectivity index (χ3v) is 2.33. The average Bonchev–Trinajstić information content (AvgIpc) is 2.29. The lowest BCUT2D eigenvalue weighted by atomic mass is 10.1. The van der Waals surface area contributed by atoms with Crippen LogP contribution in [0.3, 0.4) is 0 Å². The van der Waals surface area contributed by atoms with Gasteiger partial charge in [0.1, 0.15) is 6.10 Å². The highest BCUT2D eigenvalue weighted by Gasteiger charge is 2.10. The van der Waals surface area contributed by atoms with E-state index < -0.39 is 6.10 Å². The first-order valence-corrected chi connectivity index (χ1v) is 4.93. The van der Waals surface area contributed by atoms with Gasteiger partial charge in [-0.3, -0.25) is 4.98 Å². The van der Waals surface area contributed by atoms with Gasteiger partial charge in [0.05, 0.1) is 5.69 Å². The van der Waals surface area contributed by atoms with Crippen molar-refractivity contribution in [3.63, 3.8) is 0 Å². The smallest absolute Gasteiger partial charge is 0.121 e. The maximum absolute atomic E-state index is 10.1. The van der Waals surface area contributed by atoms with E-state index in [-0.39, 0.29) is 0 Å². The minimum absolute atomic E-state index is 0.633. The van der Waals surface area contributed by atoms with Gasteiger partial charge in [-0.15, -0.1) is 0 Å². The molecule has 0 saturated heterocycles. The molecule has 76 valence electrons. The molecule has 1 heterocycles. The molecule has 0 saturated carbocycles. The average molecular weight is 199 g/mol. The van der Waals surface area contributed by atoms with Crippen LogP contribution in [0.4, 0.5) is 0 Å². The number of aliphatic hydroxyl groups excluding tert-OH is 1. The zero-order valence-electron chi connectivity index (χ0n) is 8.59. The summed E-state index contributed by atoms with van der Waals surface area (Å²) in [5.74, 6) is 0. The number of aryl methyl sites for hydroxylation is 1. The van der Waals surface area contributed by atoms with Gasteiger partial charge >= 0.3 is 0 Å². The summed E-state index contributed by atoms with van der Waals surface area (Å²) in [6.07, 6.45) is 1.09. The number of aromatic nitrogens is 1. The number of hydrogen-bond donors (Lipinski definition) is 1. The molecule has 2 aromatic rings. The molecule has 1 atom stereocenters. The third-order valence-electron chi connectivity index (χ3n) is 2.33. The Kier molecular flexibility index (Phi) is 2.79. The fourth-order valence-corrected chi connectivity index (χ4v) is 1.52. The Balaban J connectivity index is 2.32.